The maximum atomic E-state index is 13.0. The Balaban J connectivity index is 2.13. The van der Waals surface area contributed by atoms with Gasteiger partial charge in [-0.3, -0.25) is 4.79 Å². The van der Waals surface area contributed by atoms with Crippen LogP contribution in [0.3, 0.4) is 0 Å². The molecular formula is C19H24BrNO3. The molecule has 0 saturated carbocycles. The first-order chi connectivity index (χ1) is 11.5. The van der Waals surface area contributed by atoms with Crippen LogP contribution in [-0.2, 0) is 16.0 Å². The molecule has 0 bridgehead atoms. The molecule has 1 saturated heterocycles. The van der Waals surface area contributed by atoms with Gasteiger partial charge in [0.05, 0.1) is 6.04 Å². The average Bonchev–Trinajstić information content (AvgIpc) is 2.92. The maximum absolute atomic E-state index is 13.0. The summed E-state index contributed by atoms with van der Waals surface area (Å²) in [5.41, 5.74) is 1.10. The van der Waals surface area contributed by atoms with E-state index in [1.165, 1.54) is 4.90 Å². The fourth-order valence-electron chi connectivity index (χ4n) is 2.91. The van der Waals surface area contributed by atoms with Crippen LogP contribution in [0.4, 0.5) is 4.79 Å². The molecule has 1 fully saturated rings. The van der Waals surface area contributed by atoms with Crippen LogP contribution in [-0.4, -0.2) is 34.9 Å². The lowest BCUT2D eigenvalue weighted by Crippen LogP contribution is -2.44. The molecule has 2 unspecified atom stereocenters. The van der Waals surface area contributed by atoms with Gasteiger partial charge < -0.3 is 4.74 Å². The van der Waals surface area contributed by atoms with Crippen molar-refractivity contribution in [2.75, 3.05) is 11.9 Å². The molecule has 1 heterocycles. The van der Waals surface area contributed by atoms with E-state index in [1.54, 1.807) is 0 Å². The Morgan fingerprint density at radius 3 is 2.67 bits per heavy atom. The zero-order chi connectivity index (χ0) is 17.5. The molecule has 0 spiro atoms. The normalized spacial score (nSPS) is 19.1. The Labute approximate surface area is 152 Å². The number of alkyl halides is 1. The summed E-state index contributed by atoms with van der Waals surface area (Å²) in [5, 5.41) is 0.758. The molecule has 0 aliphatic carbocycles. The van der Waals surface area contributed by atoms with Crippen molar-refractivity contribution in [1.29, 1.82) is 0 Å². The number of carbonyl (C=O) groups excluding carboxylic acids is 2. The molecule has 2 amide bonds. The molecule has 1 aromatic carbocycles. The summed E-state index contributed by atoms with van der Waals surface area (Å²) in [6, 6.07) is 9.65. The van der Waals surface area contributed by atoms with E-state index >= 15 is 0 Å². The minimum absolute atomic E-state index is 0.132. The molecule has 4 nitrogen and oxygen atoms in total. The average molecular weight is 394 g/mol. The van der Waals surface area contributed by atoms with E-state index in [0.717, 1.165) is 10.9 Å². The van der Waals surface area contributed by atoms with Crippen LogP contribution in [0.5, 0.6) is 0 Å². The second kappa shape index (κ2) is 9.02. The molecule has 0 radical (unpaired) electrons. The van der Waals surface area contributed by atoms with Crippen molar-refractivity contribution in [2.45, 2.75) is 32.7 Å². The van der Waals surface area contributed by atoms with Gasteiger partial charge in [0, 0.05) is 11.2 Å². The molecule has 2 rings (SSSR count). The number of halogens is 1. The Morgan fingerprint density at radius 2 is 2.04 bits per heavy atom. The summed E-state index contributed by atoms with van der Waals surface area (Å²) in [7, 11) is 0. The van der Waals surface area contributed by atoms with Gasteiger partial charge in [-0.05, 0) is 24.3 Å². The van der Waals surface area contributed by atoms with Crippen LogP contribution in [0.25, 0.3) is 0 Å². The number of cyclic esters (lactones) is 1. The fourth-order valence-corrected chi connectivity index (χ4v) is 3.17. The minimum Gasteiger partial charge on any atom is -0.447 e. The first kappa shape index (κ1) is 18.7. The largest absolute Gasteiger partial charge is 0.447 e. The van der Waals surface area contributed by atoms with Crippen LogP contribution in [0.1, 0.15) is 25.8 Å². The number of hydrogen-bond donors (Lipinski definition) is 0. The molecule has 5 heteroatoms. The highest BCUT2D eigenvalue weighted by molar-refractivity contribution is 9.09. The second-order valence-electron chi connectivity index (χ2n) is 6.34. The highest BCUT2D eigenvalue weighted by Gasteiger charge is 2.41. The lowest BCUT2D eigenvalue weighted by molar-refractivity contribution is -0.134. The predicted molar refractivity (Wildman–Crippen MR) is 98.0 cm³/mol. The number of amides is 2. The number of carbonyl (C=O) groups is 2. The summed E-state index contributed by atoms with van der Waals surface area (Å²) in [6.07, 6.45) is 4.71. The molecule has 0 aromatic heterocycles. The van der Waals surface area contributed by atoms with E-state index in [2.05, 4.69) is 15.9 Å². The van der Waals surface area contributed by atoms with Gasteiger partial charge in [-0.1, -0.05) is 72.3 Å². The molecule has 2 atom stereocenters. The Morgan fingerprint density at radius 1 is 1.33 bits per heavy atom. The van der Waals surface area contributed by atoms with Crippen molar-refractivity contribution < 1.29 is 14.3 Å². The van der Waals surface area contributed by atoms with Crippen LogP contribution in [0.2, 0.25) is 0 Å². The highest BCUT2D eigenvalue weighted by atomic mass is 79.9. The molecular weight excluding hydrogens is 370 g/mol. The monoisotopic (exact) mass is 393 g/mol. The van der Waals surface area contributed by atoms with Crippen LogP contribution in [0, 0.1) is 11.8 Å². The van der Waals surface area contributed by atoms with Crippen molar-refractivity contribution in [1.82, 2.24) is 4.90 Å². The number of allylic oxidation sites excluding steroid dienone is 2. The van der Waals surface area contributed by atoms with E-state index in [-0.39, 0.29) is 30.4 Å². The number of hydrogen-bond acceptors (Lipinski definition) is 3. The van der Waals surface area contributed by atoms with Gasteiger partial charge in [0.1, 0.15) is 6.61 Å². The smallest absolute Gasteiger partial charge is 0.416 e. The first-order valence-electron chi connectivity index (χ1n) is 8.29. The van der Waals surface area contributed by atoms with Gasteiger partial charge >= 0.3 is 6.09 Å². The van der Waals surface area contributed by atoms with Crippen molar-refractivity contribution in [2.24, 2.45) is 11.8 Å². The zero-order valence-electron chi connectivity index (χ0n) is 14.2. The molecule has 130 valence electrons. The van der Waals surface area contributed by atoms with Crippen LogP contribution >= 0.6 is 15.9 Å². The van der Waals surface area contributed by atoms with E-state index < -0.39 is 6.09 Å². The second-order valence-corrected chi connectivity index (χ2v) is 6.99. The molecule has 24 heavy (non-hydrogen) atoms. The standard InChI is InChI=1S/C19H24BrNO3/c1-14(2)17(10-6-7-11-20)18(22)21-16(13-24-19(21)23)12-15-8-4-3-5-9-15/h3-9,14,16-17H,10-13H2,1-2H3. The number of nitrogens with zero attached hydrogens (tertiary/aromatic N) is 1. The summed E-state index contributed by atoms with van der Waals surface area (Å²) in [4.78, 5) is 26.4. The summed E-state index contributed by atoms with van der Waals surface area (Å²) in [5.74, 6) is -0.194. The lowest BCUT2D eigenvalue weighted by atomic mass is 9.90. The predicted octanol–water partition coefficient (Wildman–Crippen LogP) is 4.19. The van der Waals surface area contributed by atoms with Gasteiger partial charge in [-0.15, -0.1) is 0 Å². The van der Waals surface area contributed by atoms with Crippen LogP contribution < -0.4 is 0 Å². The van der Waals surface area contributed by atoms with Crippen molar-refractivity contribution in [3.8, 4) is 0 Å². The molecule has 1 aliphatic heterocycles. The van der Waals surface area contributed by atoms with Gasteiger partial charge in [0.2, 0.25) is 5.91 Å². The molecule has 0 N–H and O–H groups in total. The van der Waals surface area contributed by atoms with E-state index in [9.17, 15) is 9.59 Å². The quantitative estimate of drug-likeness (QED) is 0.515. The van der Waals surface area contributed by atoms with E-state index in [4.69, 9.17) is 4.74 Å². The minimum atomic E-state index is -0.518. The van der Waals surface area contributed by atoms with Gasteiger partial charge in [-0.25, -0.2) is 9.69 Å². The number of ether oxygens (including phenoxy) is 1. The summed E-state index contributed by atoms with van der Waals surface area (Å²) >= 11 is 3.34. The van der Waals surface area contributed by atoms with Gasteiger partial charge in [0.25, 0.3) is 0 Å². The maximum Gasteiger partial charge on any atom is 0.416 e. The Bertz CT molecular complexity index is 586. The third-order valence-electron chi connectivity index (χ3n) is 4.28. The first-order valence-corrected chi connectivity index (χ1v) is 9.41. The third kappa shape index (κ3) is 4.69. The topological polar surface area (TPSA) is 46.6 Å². The zero-order valence-corrected chi connectivity index (χ0v) is 15.7. The number of benzene rings is 1. The third-order valence-corrected chi connectivity index (χ3v) is 4.65. The Kier molecular flexibility index (Phi) is 7.03. The summed E-state index contributed by atoms with van der Waals surface area (Å²) in [6.45, 7) is 4.29. The lowest BCUT2D eigenvalue weighted by Gasteiger charge is -2.26. The van der Waals surface area contributed by atoms with Crippen LogP contribution in [0.15, 0.2) is 42.5 Å². The van der Waals surface area contributed by atoms with Crippen molar-refractivity contribution >= 4 is 27.9 Å². The van der Waals surface area contributed by atoms with Crippen molar-refractivity contribution in [3.05, 3.63) is 48.0 Å². The highest BCUT2D eigenvalue weighted by Crippen LogP contribution is 2.25. The molecule has 1 aromatic rings. The SMILES string of the molecule is CC(C)C(CC=CCBr)C(=O)N1C(=O)OCC1Cc1ccccc1. The van der Waals surface area contributed by atoms with E-state index in [0.29, 0.717) is 12.8 Å². The Hall–Kier alpha value is -1.62. The van der Waals surface area contributed by atoms with E-state index in [1.807, 2.05) is 56.3 Å². The fraction of sp³-hybridized carbons (Fsp3) is 0.474. The number of imide groups is 1. The number of rotatable bonds is 7. The van der Waals surface area contributed by atoms with Crippen molar-refractivity contribution in [3.63, 3.8) is 0 Å². The summed E-state index contributed by atoms with van der Waals surface area (Å²) < 4.78 is 5.17. The molecule has 1 aliphatic rings. The van der Waals surface area contributed by atoms with Gasteiger partial charge in [-0.2, -0.15) is 0 Å². The van der Waals surface area contributed by atoms with Gasteiger partial charge in [0.15, 0.2) is 0 Å².